The lowest BCUT2D eigenvalue weighted by Gasteiger charge is -2.32. The molecule has 1 aromatic rings. The molecule has 4 heteroatoms. The zero-order chi connectivity index (χ0) is 14.5. The number of halogens is 1. The molecule has 0 amide bonds. The topological polar surface area (TPSA) is 24.5 Å². The molecule has 0 bridgehead atoms. The van der Waals surface area contributed by atoms with Crippen LogP contribution in [0.25, 0.3) is 0 Å². The van der Waals surface area contributed by atoms with Gasteiger partial charge in [0, 0.05) is 23.7 Å². The number of likely N-dealkylation sites (tertiary alicyclic amines) is 1. The van der Waals surface area contributed by atoms with Crippen LogP contribution in [0.2, 0.25) is 5.02 Å². The van der Waals surface area contributed by atoms with Crippen LogP contribution < -0.4 is 10.1 Å². The maximum atomic E-state index is 6.13. The monoisotopic (exact) mass is 296 g/mol. The van der Waals surface area contributed by atoms with E-state index in [1.807, 2.05) is 13.0 Å². The van der Waals surface area contributed by atoms with Crippen molar-refractivity contribution in [2.45, 2.75) is 38.6 Å². The first-order valence-corrected chi connectivity index (χ1v) is 7.78. The second kappa shape index (κ2) is 7.19. The number of benzene rings is 1. The Morgan fingerprint density at radius 2 is 2.20 bits per heavy atom. The first-order valence-electron chi connectivity index (χ1n) is 7.40. The van der Waals surface area contributed by atoms with Crippen molar-refractivity contribution in [3.8, 4) is 5.75 Å². The Labute approximate surface area is 127 Å². The number of rotatable bonds is 5. The predicted molar refractivity (Wildman–Crippen MR) is 86.1 cm³/mol. The summed E-state index contributed by atoms with van der Waals surface area (Å²) in [6, 6.07) is 4.65. The van der Waals surface area contributed by atoms with Gasteiger partial charge < -0.3 is 15.0 Å². The van der Waals surface area contributed by atoms with Crippen LogP contribution in [0.4, 0.5) is 5.69 Å². The van der Waals surface area contributed by atoms with Gasteiger partial charge >= 0.3 is 0 Å². The van der Waals surface area contributed by atoms with Crippen molar-refractivity contribution in [3.63, 3.8) is 0 Å². The number of nitrogens with one attached hydrogen (secondary N) is 1. The maximum absolute atomic E-state index is 6.13. The first kappa shape index (κ1) is 15.5. The van der Waals surface area contributed by atoms with Crippen LogP contribution in [0.5, 0.6) is 5.75 Å². The number of aryl methyl sites for hydroxylation is 1. The molecule has 0 saturated carbocycles. The van der Waals surface area contributed by atoms with Gasteiger partial charge in [-0.1, -0.05) is 18.0 Å². The highest BCUT2D eigenvalue weighted by atomic mass is 35.5. The lowest BCUT2D eigenvalue weighted by molar-refractivity contribution is 0.179. The van der Waals surface area contributed by atoms with Crippen LogP contribution in [0.3, 0.4) is 0 Å². The van der Waals surface area contributed by atoms with Gasteiger partial charge in [-0.15, -0.1) is 0 Å². The molecule has 1 aromatic carbocycles. The van der Waals surface area contributed by atoms with E-state index in [1.54, 1.807) is 7.11 Å². The molecule has 1 aliphatic rings. The SMILES string of the molecule is COc1cc(Cl)c(C)cc1NCCC1CCCCN1C. The minimum Gasteiger partial charge on any atom is -0.495 e. The van der Waals surface area contributed by atoms with E-state index >= 15 is 0 Å². The molecule has 3 nitrogen and oxygen atoms in total. The third-order valence-electron chi connectivity index (χ3n) is 4.20. The van der Waals surface area contributed by atoms with E-state index in [1.165, 1.54) is 32.2 Å². The summed E-state index contributed by atoms with van der Waals surface area (Å²) in [6.07, 6.45) is 5.18. The second-order valence-corrected chi connectivity index (χ2v) is 6.05. The zero-order valence-electron chi connectivity index (χ0n) is 12.7. The molecule has 0 radical (unpaired) electrons. The molecular weight excluding hydrogens is 272 g/mol. The van der Waals surface area contributed by atoms with Gasteiger partial charge in [0.05, 0.1) is 12.8 Å². The first-order chi connectivity index (χ1) is 9.61. The fourth-order valence-electron chi connectivity index (χ4n) is 2.85. The van der Waals surface area contributed by atoms with Crippen molar-refractivity contribution < 1.29 is 4.74 Å². The van der Waals surface area contributed by atoms with Gasteiger partial charge in [-0.3, -0.25) is 0 Å². The Balaban J connectivity index is 1.91. The average Bonchev–Trinajstić information content (AvgIpc) is 2.44. The zero-order valence-corrected chi connectivity index (χ0v) is 13.5. The molecule has 1 fully saturated rings. The van der Waals surface area contributed by atoms with E-state index in [9.17, 15) is 0 Å². The smallest absolute Gasteiger partial charge is 0.143 e. The Morgan fingerprint density at radius 3 is 2.90 bits per heavy atom. The van der Waals surface area contributed by atoms with Gasteiger partial charge in [0.2, 0.25) is 0 Å². The third-order valence-corrected chi connectivity index (χ3v) is 4.60. The molecule has 0 aliphatic carbocycles. The van der Waals surface area contributed by atoms with E-state index in [0.29, 0.717) is 6.04 Å². The average molecular weight is 297 g/mol. The lowest BCUT2D eigenvalue weighted by atomic mass is 10.00. The van der Waals surface area contributed by atoms with E-state index in [4.69, 9.17) is 16.3 Å². The van der Waals surface area contributed by atoms with Crippen LogP contribution >= 0.6 is 11.6 Å². The normalized spacial score (nSPS) is 19.9. The van der Waals surface area contributed by atoms with Crippen molar-refractivity contribution in [3.05, 3.63) is 22.7 Å². The summed E-state index contributed by atoms with van der Waals surface area (Å²) < 4.78 is 5.39. The molecule has 1 saturated heterocycles. The Morgan fingerprint density at radius 1 is 1.40 bits per heavy atom. The number of nitrogens with zero attached hydrogens (tertiary/aromatic N) is 1. The van der Waals surface area contributed by atoms with Crippen molar-refractivity contribution in [1.82, 2.24) is 4.90 Å². The predicted octanol–water partition coefficient (Wildman–Crippen LogP) is 3.94. The number of methoxy groups -OCH3 is 1. The van der Waals surface area contributed by atoms with Crippen LogP contribution in [0, 0.1) is 6.92 Å². The summed E-state index contributed by atoms with van der Waals surface area (Å²) in [5.41, 5.74) is 2.11. The highest BCUT2D eigenvalue weighted by Gasteiger charge is 2.18. The maximum Gasteiger partial charge on any atom is 0.143 e. The lowest BCUT2D eigenvalue weighted by Crippen LogP contribution is -2.37. The molecule has 1 N–H and O–H groups in total. The van der Waals surface area contributed by atoms with Crippen LogP contribution in [-0.2, 0) is 0 Å². The van der Waals surface area contributed by atoms with Crippen molar-refractivity contribution in [2.24, 2.45) is 0 Å². The minimum absolute atomic E-state index is 0.704. The van der Waals surface area contributed by atoms with Crippen LogP contribution in [0.1, 0.15) is 31.2 Å². The summed E-state index contributed by atoms with van der Waals surface area (Å²) in [5.74, 6) is 0.817. The summed E-state index contributed by atoms with van der Waals surface area (Å²) in [6.45, 7) is 4.21. The van der Waals surface area contributed by atoms with Crippen LogP contribution in [0.15, 0.2) is 12.1 Å². The van der Waals surface area contributed by atoms with Crippen molar-refractivity contribution >= 4 is 17.3 Å². The summed E-state index contributed by atoms with van der Waals surface area (Å²) in [4.78, 5) is 2.48. The fourth-order valence-corrected chi connectivity index (χ4v) is 3.01. The van der Waals surface area contributed by atoms with E-state index in [0.717, 1.165) is 28.6 Å². The molecule has 112 valence electrons. The number of hydrogen-bond acceptors (Lipinski definition) is 3. The number of ether oxygens (including phenoxy) is 1. The Kier molecular flexibility index (Phi) is 5.55. The number of hydrogen-bond donors (Lipinski definition) is 1. The number of piperidine rings is 1. The summed E-state index contributed by atoms with van der Waals surface area (Å²) in [7, 11) is 3.91. The molecule has 0 aromatic heterocycles. The van der Waals surface area contributed by atoms with E-state index in [2.05, 4.69) is 23.3 Å². The van der Waals surface area contributed by atoms with Gasteiger partial charge in [0.1, 0.15) is 5.75 Å². The molecule has 1 aliphatic heterocycles. The standard InChI is InChI=1S/C16H25ClN2O/c1-12-10-15(16(20-3)11-14(12)17)18-8-7-13-6-4-5-9-19(13)2/h10-11,13,18H,4-9H2,1-3H3. The highest BCUT2D eigenvalue weighted by Crippen LogP contribution is 2.31. The van der Waals surface area contributed by atoms with Crippen LogP contribution in [-0.4, -0.2) is 38.2 Å². The molecule has 2 rings (SSSR count). The highest BCUT2D eigenvalue weighted by molar-refractivity contribution is 6.31. The summed E-state index contributed by atoms with van der Waals surface area (Å²) in [5, 5.41) is 4.24. The van der Waals surface area contributed by atoms with Gasteiger partial charge in [-0.05, 0) is 51.4 Å². The molecule has 1 unspecified atom stereocenters. The van der Waals surface area contributed by atoms with Gasteiger partial charge in [0.15, 0.2) is 0 Å². The fraction of sp³-hybridized carbons (Fsp3) is 0.625. The van der Waals surface area contributed by atoms with Gasteiger partial charge in [-0.25, -0.2) is 0 Å². The van der Waals surface area contributed by atoms with Gasteiger partial charge in [-0.2, -0.15) is 0 Å². The van der Waals surface area contributed by atoms with Crippen molar-refractivity contribution in [2.75, 3.05) is 32.6 Å². The summed E-state index contributed by atoms with van der Waals surface area (Å²) >= 11 is 6.13. The van der Waals surface area contributed by atoms with Crippen molar-refractivity contribution in [1.29, 1.82) is 0 Å². The third kappa shape index (κ3) is 3.80. The number of anilines is 1. The quantitative estimate of drug-likeness (QED) is 0.890. The van der Waals surface area contributed by atoms with E-state index < -0.39 is 0 Å². The Hall–Kier alpha value is -0.930. The second-order valence-electron chi connectivity index (χ2n) is 5.65. The molecular formula is C16H25ClN2O. The molecule has 20 heavy (non-hydrogen) atoms. The molecule has 0 spiro atoms. The molecule has 1 heterocycles. The largest absolute Gasteiger partial charge is 0.495 e. The van der Waals surface area contributed by atoms with Gasteiger partial charge in [0.25, 0.3) is 0 Å². The minimum atomic E-state index is 0.704. The Bertz CT molecular complexity index is 450. The molecule has 1 atom stereocenters. The van der Waals surface area contributed by atoms with E-state index in [-0.39, 0.29) is 0 Å².